The van der Waals surface area contributed by atoms with Crippen LogP contribution in [0.5, 0.6) is 0 Å². The minimum absolute atomic E-state index is 0.0502. The first kappa shape index (κ1) is 17.7. The summed E-state index contributed by atoms with van der Waals surface area (Å²) in [7, 11) is 4.09. The highest BCUT2D eigenvalue weighted by Gasteiger charge is 2.55. The molecule has 0 amide bonds. The number of likely N-dealkylation sites (N-methyl/N-ethyl adjacent to an activating group) is 1. The number of alkyl halides is 3. The van der Waals surface area contributed by atoms with Crippen molar-refractivity contribution in [2.24, 2.45) is 0 Å². The summed E-state index contributed by atoms with van der Waals surface area (Å²) < 4.78 is 38.3. The van der Waals surface area contributed by atoms with Crippen LogP contribution in [0.1, 0.15) is 43.7 Å². The van der Waals surface area contributed by atoms with E-state index in [1.54, 1.807) is 0 Å². The Morgan fingerprint density at radius 3 is 2.17 bits per heavy atom. The van der Waals surface area contributed by atoms with Crippen molar-refractivity contribution in [2.75, 3.05) is 14.1 Å². The Bertz CT molecular complexity index is 595. The highest BCUT2D eigenvalue weighted by Crippen LogP contribution is 2.49. The zero-order valence-electron chi connectivity index (χ0n) is 14.3. The van der Waals surface area contributed by atoms with Crippen molar-refractivity contribution in [2.45, 2.75) is 62.0 Å². The van der Waals surface area contributed by atoms with Gasteiger partial charge in [-0.3, -0.25) is 0 Å². The second kappa shape index (κ2) is 5.71. The first-order chi connectivity index (χ1) is 11.1. The molecule has 6 heteroatoms. The largest absolute Gasteiger partial charge is 0.416 e. The van der Waals surface area contributed by atoms with E-state index in [-0.39, 0.29) is 17.6 Å². The van der Waals surface area contributed by atoms with Crippen LogP contribution >= 0.6 is 0 Å². The maximum atomic E-state index is 12.8. The van der Waals surface area contributed by atoms with Crippen molar-refractivity contribution in [3.05, 3.63) is 35.4 Å². The van der Waals surface area contributed by atoms with Gasteiger partial charge >= 0.3 is 6.18 Å². The molecule has 24 heavy (non-hydrogen) atoms. The molecule has 2 N–H and O–H groups in total. The van der Waals surface area contributed by atoms with Gasteiger partial charge in [0.2, 0.25) is 0 Å². The number of benzene rings is 1. The Hall–Kier alpha value is -1.11. The Labute approximate surface area is 140 Å². The summed E-state index contributed by atoms with van der Waals surface area (Å²) in [5.41, 5.74) is -1.15. The summed E-state index contributed by atoms with van der Waals surface area (Å²) in [5, 5.41) is 14.8. The Kier molecular flexibility index (Phi) is 4.21. The molecule has 2 fully saturated rings. The fraction of sp³-hybridized carbons (Fsp3) is 0.667. The summed E-state index contributed by atoms with van der Waals surface area (Å²) in [6.07, 6.45) is -1.19. The highest BCUT2D eigenvalue weighted by atomic mass is 19.4. The number of rotatable bonds is 3. The van der Waals surface area contributed by atoms with E-state index in [1.165, 1.54) is 12.1 Å². The number of nitrogens with one attached hydrogen (secondary N) is 1. The molecule has 134 valence electrons. The van der Waals surface area contributed by atoms with Crippen molar-refractivity contribution < 1.29 is 18.3 Å². The molecule has 0 aromatic heterocycles. The molecule has 3 nitrogen and oxygen atoms in total. The van der Waals surface area contributed by atoms with Crippen molar-refractivity contribution in [3.8, 4) is 0 Å². The van der Waals surface area contributed by atoms with Gasteiger partial charge in [-0.1, -0.05) is 12.1 Å². The Balaban J connectivity index is 1.86. The molecule has 1 aromatic rings. The van der Waals surface area contributed by atoms with Crippen LogP contribution in [0.2, 0.25) is 0 Å². The van der Waals surface area contributed by atoms with Crippen LogP contribution in [0, 0.1) is 0 Å². The second-order valence-corrected chi connectivity index (χ2v) is 7.63. The number of piperidine rings is 1. The predicted molar refractivity (Wildman–Crippen MR) is 86.6 cm³/mol. The summed E-state index contributed by atoms with van der Waals surface area (Å²) in [4.78, 5) is 2.20. The maximum Gasteiger partial charge on any atom is 0.416 e. The van der Waals surface area contributed by atoms with Crippen LogP contribution in [0.15, 0.2) is 24.3 Å². The van der Waals surface area contributed by atoms with Crippen LogP contribution in [-0.2, 0) is 11.8 Å². The minimum atomic E-state index is -4.35. The zero-order valence-corrected chi connectivity index (χ0v) is 14.3. The molecule has 0 radical (unpaired) electrons. The monoisotopic (exact) mass is 342 g/mol. The molecule has 0 bridgehead atoms. The highest BCUT2D eigenvalue weighted by molar-refractivity contribution is 5.30. The van der Waals surface area contributed by atoms with E-state index in [1.807, 2.05) is 21.0 Å². The van der Waals surface area contributed by atoms with E-state index in [9.17, 15) is 18.3 Å². The zero-order chi connectivity index (χ0) is 17.8. The van der Waals surface area contributed by atoms with E-state index in [2.05, 4.69) is 10.2 Å². The lowest BCUT2D eigenvalue weighted by Gasteiger charge is -2.46. The van der Waals surface area contributed by atoms with Gasteiger partial charge < -0.3 is 15.3 Å². The third kappa shape index (κ3) is 3.07. The third-order valence-corrected chi connectivity index (χ3v) is 5.72. The van der Waals surface area contributed by atoms with E-state index in [0.717, 1.165) is 25.0 Å². The van der Waals surface area contributed by atoms with Crippen molar-refractivity contribution >= 4 is 0 Å². The quantitative estimate of drug-likeness (QED) is 0.886. The molecule has 2 unspecified atom stereocenters. The van der Waals surface area contributed by atoms with Gasteiger partial charge in [0, 0.05) is 17.6 Å². The minimum Gasteiger partial charge on any atom is -0.385 e. The molecule has 0 spiro atoms. The molecule has 1 aliphatic heterocycles. The fourth-order valence-corrected chi connectivity index (χ4v) is 4.17. The van der Waals surface area contributed by atoms with Crippen LogP contribution in [-0.4, -0.2) is 41.7 Å². The molecule has 1 aromatic carbocycles. The molecule has 1 saturated heterocycles. The predicted octanol–water partition coefficient (Wildman–Crippen LogP) is 3.13. The first-order valence-corrected chi connectivity index (χ1v) is 8.40. The van der Waals surface area contributed by atoms with E-state index < -0.39 is 17.3 Å². The van der Waals surface area contributed by atoms with Gasteiger partial charge in [-0.25, -0.2) is 0 Å². The van der Waals surface area contributed by atoms with Gasteiger partial charge in [-0.15, -0.1) is 0 Å². The van der Waals surface area contributed by atoms with Crippen LogP contribution in [0.25, 0.3) is 0 Å². The molecule has 1 saturated carbocycles. The maximum absolute atomic E-state index is 12.8. The summed E-state index contributed by atoms with van der Waals surface area (Å²) >= 11 is 0. The third-order valence-electron chi connectivity index (χ3n) is 5.72. The summed E-state index contributed by atoms with van der Waals surface area (Å²) in [6.45, 7) is 2.02. The number of hydrogen-bond acceptors (Lipinski definition) is 3. The second-order valence-electron chi connectivity index (χ2n) is 7.63. The molecule has 1 heterocycles. The lowest BCUT2D eigenvalue weighted by molar-refractivity contribution is -0.137. The van der Waals surface area contributed by atoms with Gasteiger partial charge in [0.25, 0.3) is 0 Å². The molecular weight excluding hydrogens is 317 g/mol. The first-order valence-electron chi connectivity index (χ1n) is 8.40. The van der Waals surface area contributed by atoms with Gasteiger partial charge in [0.15, 0.2) is 0 Å². The lowest BCUT2D eigenvalue weighted by atomic mass is 9.76. The lowest BCUT2D eigenvalue weighted by Crippen LogP contribution is -2.59. The van der Waals surface area contributed by atoms with Gasteiger partial charge in [0.05, 0.1) is 11.2 Å². The van der Waals surface area contributed by atoms with Crippen LogP contribution < -0.4 is 5.32 Å². The average molecular weight is 342 g/mol. The smallest absolute Gasteiger partial charge is 0.385 e. The van der Waals surface area contributed by atoms with Gasteiger partial charge in [-0.05, 0) is 64.4 Å². The average Bonchev–Trinajstić information content (AvgIpc) is 3.27. The SMILES string of the molecule is C[C@H]1CC(O)(c2ccc(C(F)(F)F)cc2)CC(C2(N(C)C)CC2)N1. The summed E-state index contributed by atoms with van der Waals surface area (Å²) in [6, 6.07) is 5.21. The van der Waals surface area contributed by atoms with Gasteiger partial charge in [-0.2, -0.15) is 13.2 Å². The van der Waals surface area contributed by atoms with Crippen LogP contribution in [0.3, 0.4) is 0 Å². The van der Waals surface area contributed by atoms with Crippen molar-refractivity contribution in [1.82, 2.24) is 10.2 Å². The molecule has 3 rings (SSSR count). The Morgan fingerprint density at radius 2 is 1.71 bits per heavy atom. The Morgan fingerprint density at radius 1 is 1.12 bits per heavy atom. The number of hydrogen-bond donors (Lipinski definition) is 2. The topological polar surface area (TPSA) is 35.5 Å². The van der Waals surface area contributed by atoms with E-state index in [4.69, 9.17) is 0 Å². The van der Waals surface area contributed by atoms with E-state index >= 15 is 0 Å². The molecule has 2 aliphatic rings. The normalized spacial score (nSPS) is 32.8. The molecule has 1 aliphatic carbocycles. The summed E-state index contributed by atoms with van der Waals surface area (Å²) in [5.74, 6) is 0. The fourth-order valence-electron chi connectivity index (χ4n) is 4.17. The van der Waals surface area contributed by atoms with E-state index in [0.29, 0.717) is 18.4 Å². The van der Waals surface area contributed by atoms with Gasteiger partial charge in [0.1, 0.15) is 0 Å². The number of aliphatic hydroxyl groups is 1. The molecular formula is C18H25F3N2O. The van der Waals surface area contributed by atoms with Crippen molar-refractivity contribution in [3.63, 3.8) is 0 Å². The standard InChI is InChI=1S/C18H25F3N2O/c1-12-10-17(24,11-15(22-12)16(8-9-16)23(2)3)13-4-6-14(7-5-13)18(19,20)21/h4-7,12,15,22,24H,8-11H2,1-3H3/t12-,15?,17?/m0/s1. The number of halogens is 3. The van der Waals surface area contributed by atoms with Crippen molar-refractivity contribution in [1.29, 1.82) is 0 Å². The number of nitrogens with zero attached hydrogens (tertiary/aromatic N) is 1. The van der Waals surface area contributed by atoms with Crippen LogP contribution in [0.4, 0.5) is 13.2 Å². The molecule has 3 atom stereocenters.